The van der Waals surface area contributed by atoms with Gasteiger partial charge in [0, 0.05) is 12.2 Å². The van der Waals surface area contributed by atoms with Gasteiger partial charge in [0.25, 0.3) is 0 Å². The van der Waals surface area contributed by atoms with E-state index in [1.807, 2.05) is 24.3 Å². The van der Waals surface area contributed by atoms with Gasteiger partial charge < -0.3 is 15.4 Å². The Kier molecular flexibility index (Phi) is 6.67. The predicted molar refractivity (Wildman–Crippen MR) is 98.5 cm³/mol. The molecule has 0 radical (unpaired) electrons. The van der Waals surface area contributed by atoms with Gasteiger partial charge in [-0.2, -0.15) is 0 Å². The molecule has 2 rings (SSSR count). The number of hydrogen-bond donors (Lipinski definition) is 2. The number of carbonyl (C=O) groups is 1. The highest BCUT2D eigenvalue weighted by atomic mass is 16.5. The highest BCUT2D eigenvalue weighted by Gasteiger charge is 2.08. The Morgan fingerprint density at radius 2 is 1.62 bits per heavy atom. The third kappa shape index (κ3) is 4.75. The summed E-state index contributed by atoms with van der Waals surface area (Å²) in [5.41, 5.74) is 4.64. The largest absolute Gasteiger partial charge is 0.497 e. The number of ether oxygens (including phenoxy) is 1. The maximum atomic E-state index is 12.1. The second kappa shape index (κ2) is 8.96. The van der Waals surface area contributed by atoms with Crippen LogP contribution in [0.4, 0.5) is 5.69 Å². The Morgan fingerprint density at radius 3 is 2.17 bits per heavy atom. The zero-order valence-corrected chi connectivity index (χ0v) is 14.7. The molecule has 0 aromatic heterocycles. The molecule has 0 spiro atoms. The van der Waals surface area contributed by atoms with Crippen molar-refractivity contribution >= 4 is 11.6 Å². The van der Waals surface area contributed by atoms with Gasteiger partial charge in [0.05, 0.1) is 13.7 Å². The van der Waals surface area contributed by atoms with Crippen molar-refractivity contribution in [1.29, 1.82) is 0 Å². The normalized spacial score (nSPS) is 10.3. The third-order valence-electron chi connectivity index (χ3n) is 4.07. The summed E-state index contributed by atoms with van der Waals surface area (Å²) in [6, 6.07) is 14.0. The number of anilines is 1. The maximum absolute atomic E-state index is 12.1. The molecule has 0 heterocycles. The van der Waals surface area contributed by atoms with Crippen LogP contribution in [0.5, 0.6) is 5.75 Å². The fourth-order valence-electron chi connectivity index (χ4n) is 2.64. The number of carbonyl (C=O) groups excluding carboxylic acids is 1. The molecule has 2 aromatic rings. The molecular formula is C20H26N2O2. The highest BCUT2D eigenvalue weighted by molar-refractivity contribution is 5.81. The van der Waals surface area contributed by atoms with Crippen LogP contribution in [-0.2, 0) is 24.2 Å². The average Bonchev–Trinajstić information content (AvgIpc) is 2.64. The lowest BCUT2D eigenvalue weighted by molar-refractivity contribution is -0.119. The summed E-state index contributed by atoms with van der Waals surface area (Å²) in [6.07, 6.45) is 1.90. The predicted octanol–water partition coefficient (Wildman–Crippen LogP) is 3.55. The Labute approximate surface area is 144 Å². The summed E-state index contributed by atoms with van der Waals surface area (Å²) >= 11 is 0. The summed E-state index contributed by atoms with van der Waals surface area (Å²) in [4.78, 5) is 12.1. The van der Waals surface area contributed by atoms with E-state index in [4.69, 9.17) is 4.74 Å². The minimum atomic E-state index is -0.0150. The van der Waals surface area contributed by atoms with Crippen molar-refractivity contribution < 1.29 is 9.53 Å². The number of benzene rings is 2. The van der Waals surface area contributed by atoms with Gasteiger partial charge in [0.15, 0.2) is 0 Å². The van der Waals surface area contributed by atoms with Crippen LogP contribution >= 0.6 is 0 Å². The zero-order chi connectivity index (χ0) is 17.4. The maximum Gasteiger partial charge on any atom is 0.239 e. The van der Waals surface area contributed by atoms with Gasteiger partial charge in [-0.05, 0) is 41.7 Å². The number of rotatable bonds is 8. The number of methoxy groups -OCH3 is 1. The van der Waals surface area contributed by atoms with Gasteiger partial charge in [0.1, 0.15) is 5.75 Å². The van der Waals surface area contributed by atoms with Crippen molar-refractivity contribution in [3.8, 4) is 5.75 Å². The summed E-state index contributed by atoms with van der Waals surface area (Å²) in [5, 5.41) is 6.25. The lowest BCUT2D eigenvalue weighted by Crippen LogP contribution is -2.29. The van der Waals surface area contributed by atoms with Gasteiger partial charge in [-0.3, -0.25) is 4.79 Å². The van der Waals surface area contributed by atoms with E-state index in [0.717, 1.165) is 29.8 Å². The quantitative estimate of drug-likeness (QED) is 0.780. The van der Waals surface area contributed by atoms with E-state index in [1.54, 1.807) is 7.11 Å². The summed E-state index contributed by atoms with van der Waals surface area (Å²) in [6.45, 7) is 5.05. The minimum absolute atomic E-state index is 0.0150. The summed E-state index contributed by atoms with van der Waals surface area (Å²) in [5.74, 6) is 0.800. The molecule has 0 aliphatic rings. The van der Waals surface area contributed by atoms with Crippen LogP contribution in [0.25, 0.3) is 0 Å². The fraction of sp³-hybridized carbons (Fsp3) is 0.350. The number of hydrogen-bond acceptors (Lipinski definition) is 3. The molecule has 0 unspecified atom stereocenters. The Hall–Kier alpha value is -2.49. The smallest absolute Gasteiger partial charge is 0.239 e. The molecule has 0 bridgehead atoms. The highest BCUT2D eigenvalue weighted by Crippen LogP contribution is 2.22. The molecule has 0 atom stereocenters. The van der Waals surface area contributed by atoms with E-state index < -0.39 is 0 Å². The first kappa shape index (κ1) is 17.9. The Balaban J connectivity index is 1.89. The van der Waals surface area contributed by atoms with Crippen molar-refractivity contribution in [1.82, 2.24) is 5.32 Å². The van der Waals surface area contributed by atoms with Crippen LogP contribution < -0.4 is 15.4 Å². The van der Waals surface area contributed by atoms with Gasteiger partial charge in [-0.15, -0.1) is 0 Å². The average molecular weight is 326 g/mol. The molecule has 2 N–H and O–H groups in total. The van der Waals surface area contributed by atoms with Crippen molar-refractivity contribution in [3.05, 3.63) is 59.2 Å². The van der Waals surface area contributed by atoms with Gasteiger partial charge in [-0.25, -0.2) is 0 Å². The van der Waals surface area contributed by atoms with Crippen molar-refractivity contribution in [2.45, 2.75) is 33.2 Å². The number of nitrogens with one attached hydrogen (secondary N) is 2. The lowest BCUT2D eigenvalue weighted by Gasteiger charge is -2.15. The van der Waals surface area contributed by atoms with E-state index in [9.17, 15) is 4.79 Å². The Bertz CT molecular complexity index is 644. The third-order valence-corrected chi connectivity index (χ3v) is 4.07. The van der Waals surface area contributed by atoms with E-state index in [-0.39, 0.29) is 12.5 Å². The second-order valence-electron chi connectivity index (χ2n) is 5.64. The van der Waals surface area contributed by atoms with Crippen molar-refractivity contribution in [3.63, 3.8) is 0 Å². The van der Waals surface area contributed by atoms with Crippen LogP contribution in [0, 0.1) is 0 Å². The number of amides is 1. The minimum Gasteiger partial charge on any atom is -0.497 e. The van der Waals surface area contributed by atoms with Crippen molar-refractivity contribution in [2.24, 2.45) is 0 Å². The van der Waals surface area contributed by atoms with Gasteiger partial charge >= 0.3 is 0 Å². The van der Waals surface area contributed by atoms with Gasteiger partial charge in [-0.1, -0.05) is 44.2 Å². The summed E-state index contributed by atoms with van der Waals surface area (Å²) < 4.78 is 5.13. The van der Waals surface area contributed by atoms with Gasteiger partial charge in [0.2, 0.25) is 5.91 Å². The summed E-state index contributed by atoms with van der Waals surface area (Å²) in [7, 11) is 1.64. The molecule has 0 fully saturated rings. The molecule has 0 aliphatic heterocycles. The van der Waals surface area contributed by atoms with Crippen LogP contribution in [0.1, 0.15) is 30.5 Å². The SMILES string of the molecule is CCc1cccc(CC)c1NCC(=O)NCc1ccc(OC)cc1. The molecule has 2 aromatic carbocycles. The molecular weight excluding hydrogens is 300 g/mol. The van der Waals surface area contributed by atoms with Crippen molar-refractivity contribution in [2.75, 3.05) is 19.0 Å². The van der Waals surface area contributed by atoms with Crippen LogP contribution in [-0.4, -0.2) is 19.6 Å². The lowest BCUT2D eigenvalue weighted by atomic mass is 10.0. The second-order valence-corrected chi connectivity index (χ2v) is 5.64. The monoisotopic (exact) mass is 326 g/mol. The first-order chi connectivity index (χ1) is 11.7. The van der Waals surface area contributed by atoms with E-state index >= 15 is 0 Å². The molecule has 0 saturated carbocycles. The molecule has 0 aliphatic carbocycles. The molecule has 24 heavy (non-hydrogen) atoms. The molecule has 1 amide bonds. The van der Waals surface area contributed by atoms with E-state index in [0.29, 0.717) is 6.54 Å². The molecule has 0 saturated heterocycles. The molecule has 128 valence electrons. The number of para-hydroxylation sites is 1. The molecule has 4 nitrogen and oxygen atoms in total. The van der Waals surface area contributed by atoms with Crippen LogP contribution in [0.3, 0.4) is 0 Å². The van der Waals surface area contributed by atoms with E-state index in [1.165, 1.54) is 11.1 Å². The molecule has 4 heteroatoms. The van der Waals surface area contributed by atoms with E-state index in [2.05, 4.69) is 42.7 Å². The Morgan fingerprint density at radius 1 is 1.00 bits per heavy atom. The van der Waals surface area contributed by atoms with Crippen LogP contribution in [0.2, 0.25) is 0 Å². The topological polar surface area (TPSA) is 50.4 Å². The standard InChI is InChI=1S/C20H26N2O2/c1-4-16-7-6-8-17(5-2)20(16)22-14-19(23)21-13-15-9-11-18(24-3)12-10-15/h6-12,22H,4-5,13-14H2,1-3H3,(H,21,23). The fourth-order valence-corrected chi connectivity index (χ4v) is 2.64. The first-order valence-corrected chi connectivity index (χ1v) is 8.42. The van der Waals surface area contributed by atoms with Crippen LogP contribution in [0.15, 0.2) is 42.5 Å². The first-order valence-electron chi connectivity index (χ1n) is 8.42. The number of aryl methyl sites for hydroxylation is 2. The zero-order valence-electron chi connectivity index (χ0n) is 14.7.